The molecule has 0 atom stereocenters. The van der Waals surface area contributed by atoms with Gasteiger partial charge in [-0.25, -0.2) is 5.43 Å². The van der Waals surface area contributed by atoms with Gasteiger partial charge >= 0.3 is 0 Å². The van der Waals surface area contributed by atoms with Gasteiger partial charge < -0.3 is 4.57 Å². The number of rotatable bonds is 7. The van der Waals surface area contributed by atoms with E-state index in [1.54, 1.807) is 18.0 Å². The van der Waals surface area contributed by atoms with Gasteiger partial charge in [0.2, 0.25) is 5.91 Å². The third-order valence-electron chi connectivity index (χ3n) is 4.57. The van der Waals surface area contributed by atoms with Crippen molar-refractivity contribution in [1.82, 2.24) is 9.99 Å². The van der Waals surface area contributed by atoms with E-state index in [1.807, 2.05) is 24.3 Å². The Morgan fingerprint density at radius 3 is 2.48 bits per heavy atom. The fourth-order valence-electron chi connectivity index (χ4n) is 3.06. The Balaban J connectivity index is 1.54. The summed E-state index contributed by atoms with van der Waals surface area (Å²) in [5.41, 5.74) is 9.29. The molecule has 0 spiro atoms. The Labute approximate surface area is 181 Å². The van der Waals surface area contributed by atoms with E-state index in [9.17, 15) is 4.79 Å². The first kappa shape index (κ1) is 21.2. The molecule has 150 valence electrons. The van der Waals surface area contributed by atoms with Crippen molar-refractivity contribution >= 4 is 35.5 Å². The van der Waals surface area contributed by atoms with Gasteiger partial charge in [0.1, 0.15) is 0 Å². The number of benzene rings is 2. The molecule has 0 aliphatic carbocycles. The van der Waals surface area contributed by atoms with Gasteiger partial charge in [0, 0.05) is 33.4 Å². The Hall–Kier alpha value is -2.50. The van der Waals surface area contributed by atoms with Crippen LogP contribution in [0.15, 0.2) is 59.7 Å². The van der Waals surface area contributed by atoms with Gasteiger partial charge in [0.05, 0.1) is 12.0 Å². The molecule has 1 amide bonds. The summed E-state index contributed by atoms with van der Waals surface area (Å²) < 4.78 is 2.19. The highest BCUT2D eigenvalue weighted by atomic mass is 35.5. The van der Waals surface area contributed by atoms with Crippen LogP contribution in [-0.4, -0.2) is 22.4 Å². The number of hydrogen-bond acceptors (Lipinski definition) is 3. The average molecular weight is 426 g/mol. The number of nitrogens with zero attached hydrogens (tertiary/aromatic N) is 2. The fourth-order valence-corrected chi connectivity index (χ4v) is 3.96. The first-order valence-corrected chi connectivity index (χ1v) is 10.9. The average Bonchev–Trinajstić information content (AvgIpc) is 2.98. The van der Waals surface area contributed by atoms with Crippen molar-refractivity contribution in [3.63, 3.8) is 0 Å². The summed E-state index contributed by atoms with van der Waals surface area (Å²) in [5.74, 6) is 0.988. The summed E-state index contributed by atoms with van der Waals surface area (Å²) in [4.78, 5) is 12.0. The standard InChI is InChI=1S/C23H24ClN3OS/c1-16-4-10-22(11-5-16)27-17(2)12-20(18(27)3)13-25-26-23(28)15-29-14-19-6-8-21(24)9-7-19/h4-13H,14-15H2,1-3H3,(H,26,28)/b25-13-. The van der Waals surface area contributed by atoms with E-state index >= 15 is 0 Å². The fraction of sp³-hybridized carbons (Fsp3) is 0.217. The van der Waals surface area contributed by atoms with Gasteiger partial charge in [-0.05, 0) is 56.7 Å². The van der Waals surface area contributed by atoms with Crippen LogP contribution in [0.3, 0.4) is 0 Å². The van der Waals surface area contributed by atoms with Crippen LogP contribution in [0.5, 0.6) is 0 Å². The zero-order valence-corrected chi connectivity index (χ0v) is 18.3. The van der Waals surface area contributed by atoms with E-state index < -0.39 is 0 Å². The van der Waals surface area contributed by atoms with Crippen LogP contribution in [0.25, 0.3) is 5.69 Å². The van der Waals surface area contributed by atoms with E-state index in [2.05, 4.69) is 66.2 Å². The minimum absolute atomic E-state index is 0.118. The number of hydrogen-bond donors (Lipinski definition) is 1. The van der Waals surface area contributed by atoms with Crippen LogP contribution in [0.1, 0.15) is 28.1 Å². The molecule has 29 heavy (non-hydrogen) atoms. The molecule has 1 heterocycles. The maximum atomic E-state index is 12.0. The topological polar surface area (TPSA) is 46.4 Å². The predicted molar refractivity (Wildman–Crippen MR) is 123 cm³/mol. The molecule has 0 radical (unpaired) electrons. The molecule has 0 saturated heterocycles. The summed E-state index contributed by atoms with van der Waals surface area (Å²) in [6, 6.07) is 18.1. The molecular weight excluding hydrogens is 402 g/mol. The highest BCUT2D eigenvalue weighted by molar-refractivity contribution is 7.99. The number of thioether (sulfide) groups is 1. The molecule has 6 heteroatoms. The summed E-state index contributed by atoms with van der Waals surface area (Å²) in [7, 11) is 0. The third kappa shape index (κ3) is 5.75. The van der Waals surface area contributed by atoms with Gasteiger partial charge in [-0.2, -0.15) is 5.10 Å². The SMILES string of the molecule is Cc1ccc(-n2c(C)cc(/C=N\NC(=O)CSCc3ccc(Cl)cc3)c2C)cc1. The number of carbonyl (C=O) groups excluding carboxylic acids is 1. The van der Waals surface area contributed by atoms with E-state index in [0.717, 1.165) is 34.0 Å². The Kier molecular flexibility index (Phi) is 7.18. The van der Waals surface area contributed by atoms with Crippen molar-refractivity contribution < 1.29 is 4.79 Å². The number of aryl methyl sites for hydroxylation is 2. The van der Waals surface area contributed by atoms with Gasteiger partial charge in [-0.3, -0.25) is 4.79 Å². The Morgan fingerprint density at radius 1 is 1.10 bits per heavy atom. The highest BCUT2D eigenvalue weighted by Crippen LogP contribution is 2.20. The smallest absolute Gasteiger partial charge is 0.250 e. The largest absolute Gasteiger partial charge is 0.318 e. The molecule has 0 fully saturated rings. The summed E-state index contributed by atoms with van der Waals surface area (Å²) in [5, 5.41) is 4.85. The summed E-state index contributed by atoms with van der Waals surface area (Å²) in [6.07, 6.45) is 1.70. The number of carbonyl (C=O) groups is 1. The minimum Gasteiger partial charge on any atom is -0.318 e. The lowest BCUT2D eigenvalue weighted by atomic mass is 10.2. The Bertz CT molecular complexity index is 1010. The zero-order chi connectivity index (χ0) is 20.8. The maximum absolute atomic E-state index is 12.0. The van der Waals surface area contributed by atoms with E-state index in [0.29, 0.717) is 10.8 Å². The highest BCUT2D eigenvalue weighted by Gasteiger charge is 2.09. The van der Waals surface area contributed by atoms with Gasteiger partial charge in [0.25, 0.3) is 0 Å². The molecule has 3 aromatic rings. The lowest BCUT2D eigenvalue weighted by Crippen LogP contribution is -2.19. The number of aromatic nitrogens is 1. The molecule has 0 aliphatic heterocycles. The molecular formula is C23H24ClN3OS. The summed E-state index contributed by atoms with van der Waals surface area (Å²) in [6.45, 7) is 6.20. The van der Waals surface area contributed by atoms with E-state index in [4.69, 9.17) is 11.6 Å². The lowest BCUT2D eigenvalue weighted by molar-refractivity contribution is -0.118. The van der Waals surface area contributed by atoms with Crippen LogP contribution < -0.4 is 5.43 Å². The van der Waals surface area contributed by atoms with Crippen molar-refractivity contribution in [2.45, 2.75) is 26.5 Å². The van der Waals surface area contributed by atoms with Crippen molar-refractivity contribution in [1.29, 1.82) is 0 Å². The molecule has 2 aromatic carbocycles. The number of halogens is 1. The van der Waals surface area contributed by atoms with Crippen LogP contribution in [-0.2, 0) is 10.5 Å². The van der Waals surface area contributed by atoms with Crippen LogP contribution >= 0.6 is 23.4 Å². The Morgan fingerprint density at radius 2 is 1.79 bits per heavy atom. The number of amides is 1. The second kappa shape index (κ2) is 9.81. The van der Waals surface area contributed by atoms with E-state index in [1.165, 1.54) is 5.56 Å². The van der Waals surface area contributed by atoms with Crippen molar-refractivity contribution in [2.75, 3.05) is 5.75 Å². The second-order valence-corrected chi connectivity index (χ2v) is 8.33. The number of nitrogens with one attached hydrogen (secondary N) is 1. The van der Waals surface area contributed by atoms with Crippen LogP contribution in [0.2, 0.25) is 5.02 Å². The molecule has 4 nitrogen and oxygen atoms in total. The third-order valence-corrected chi connectivity index (χ3v) is 5.83. The molecule has 0 unspecified atom stereocenters. The second-order valence-electron chi connectivity index (χ2n) is 6.91. The van der Waals surface area contributed by atoms with E-state index in [-0.39, 0.29) is 5.91 Å². The number of hydrazone groups is 1. The van der Waals surface area contributed by atoms with Crippen LogP contribution in [0.4, 0.5) is 0 Å². The molecule has 1 aromatic heterocycles. The molecule has 3 rings (SSSR count). The van der Waals surface area contributed by atoms with Gasteiger partial charge in [-0.1, -0.05) is 41.4 Å². The monoisotopic (exact) mass is 425 g/mol. The first-order valence-electron chi connectivity index (χ1n) is 9.34. The molecule has 0 bridgehead atoms. The normalized spacial score (nSPS) is 11.2. The molecule has 0 aliphatic rings. The van der Waals surface area contributed by atoms with Crippen LogP contribution in [0, 0.1) is 20.8 Å². The van der Waals surface area contributed by atoms with Crippen molar-refractivity contribution in [3.8, 4) is 5.69 Å². The molecule has 1 N–H and O–H groups in total. The van der Waals surface area contributed by atoms with Gasteiger partial charge in [-0.15, -0.1) is 11.8 Å². The first-order chi connectivity index (χ1) is 13.9. The quantitative estimate of drug-likeness (QED) is 0.404. The van der Waals surface area contributed by atoms with Gasteiger partial charge in [0.15, 0.2) is 0 Å². The molecule has 0 saturated carbocycles. The zero-order valence-electron chi connectivity index (χ0n) is 16.8. The predicted octanol–water partition coefficient (Wildman–Crippen LogP) is 5.44. The van der Waals surface area contributed by atoms with Crippen molar-refractivity contribution in [3.05, 3.63) is 87.7 Å². The summed E-state index contributed by atoms with van der Waals surface area (Å²) >= 11 is 7.42. The minimum atomic E-state index is -0.118. The maximum Gasteiger partial charge on any atom is 0.250 e. The lowest BCUT2D eigenvalue weighted by Gasteiger charge is -2.09. The van der Waals surface area contributed by atoms with Crippen molar-refractivity contribution in [2.24, 2.45) is 5.10 Å².